The number of carbonyl (C=O) groups excluding carboxylic acids is 1. The van der Waals surface area contributed by atoms with E-state index in [0.717, 1.165) is 16.8 Å². The molecule has 0 N–H and O–H groups in total. The minimum absolute atomic E-state index is 0.0586. The van der Waals surface area contributed by atoms with Gasteiger partial charge < -0.3 is 9.74 Å². The molecule has 0 spiro atoms. The Bertz CT molecular complexity index is 998. The molecule has 0 saturated heterocycles. The second kappa shape index (κ2) is 8.57. The molecule has 1 aliphatic heterocycles. The maximum atomic E-state index is 13.2. The van der Waals surface area contributed by atoms with Crippen LogP contribution in [0.2, 0.25) is 0 Å². The fraction of sp³-hybridized carbons (Fsp3) is 0.217. The average Bonchev–Trinajstić information content (AvgIpc) is 3.41. The van der Waals surface area contributed by atoms with Gasteiger partial charge in [-0.05, 0) is 41.6 Å². The molecular formula is C23H21FN2O2S. The number of oxime groups is 1. The van der Waals surface area contributed by atoms with Crippen molar-refractivity contribution in [3.05, 3.63) is 93.4 Å². The molecule has 1 aliphatic rings. The Morgan fingerprint density at radius 2 is 1.93 bits per heavy atom. The van der Waals surface area contributed by atoms with Gasteiger partial charge in [0.1, 0.15) is 5.82 Å². The summed E-state index contributed by atoms with van der Waals surface area (Å²) in [6, 6.07) is 18.1. The lowest BCUT2D eigenvalue weighted by Crippen LogP contribution is -2.37. The molecule has 6 heteroatoms. The van der Waals surface area contributed by atoms with Gasteiger partial charge in [0.2, 0.25) is 0 Å². The van der Waals surface area contributed by atoms with Gasteiger partial charge in [-0.15, -0.1) is 11.3 Å². The second-order valence-corrected chi connectivity index (χ2v) is 8.07. The molecule has 148 valence electrons. The zero-order valence-electron chi connectivity index (χ0n) is 16.0. The van der Waals surface area contributed by atoms with Crippen molar-refractivity contribution in [2.24, 2.45) is 5.16 Å². The Labute approximate surface area is 173 Å². The number of benzene rings is 2. The number of amides is 1. The van der Waals surface area contributed by atoms with Crippen molar-refractivity contribution in [1.82, 2.24) is 4.90 Å². The number of nitrogens with zero attached hydrogens (tertiary/aromatic N) is 2. The van der Waals surface area contributed by atoms with E-state index in [4.69, 9.17) is 4.84 Å². The number of hydrogen-bond acceptors (Lipinski definition) is 4. The van der Waals surface area contributed by atoms with Gasteiger partial charge in [-0.1, -0.05) is 53.2 Å². The fourth-order valence-electron chi connectivity index (χ4n) is 3.27. The molecule has 29 heavy (non-hydrogen) atoms. The largest absolute Gasteiger partial charge is 0.390 e. The molecule has 0 aliphatic carbocycles. The first-order valence-electron chi connectivity index (χ1n) is 9.45. The molecule has 1 amide bonds. The maximum absolute atomic E-state index is 13.2. The van der Waals surface area contributed by atoms with Gasteiger partial charge in [0, 0.05) is 13.0 Å². The molecule has 0 radical (unpaired) electrons. The highest BCUT2D eigenvalue weighted by Gasteiger charge is 2.27. The van der Waals surface area contributed by atoms with E-state index in [1.54, 1.807) is 17.0 Å². The number of halogens is 1. The molecule has 0 saturated carbocycles. The van der Waals surface area contributed by atoms with E-state index < -0.39 is 0 Å². The maximum Gasteiger partial charge on any atom is 0.264 e. The van der Waals surface area contributed by atoms with E-state index in [2.05, 4.69) is 5.16 Å². The van der Waals surface area contributed by atoms with Crippen molar-refractivity contribution in [3.8, 4) is 0 Å². The summed E-state index contributed by atoms with van der Waals surface area (Å²) in [5.41, 5.74) is 3.99. The molecule has 1 atom stereocenters. The van der Waals surface area contributed by atoms with Crippen LogP contribution in [0.25, 0.3) is 0 Å². The average molecular weight is 408 g/mol. The van der Waals surface area contributed by atoms with Crippen LogP contribution in [0.3, 0.4) is 0 Å². The van der Waals surface area contributed by atoms with Crippen LogP contribution in [-0.2, 0) is 11.4 Å². The highest BCUT2D eigenvalue weighted by Crippen LogP contribution is 2.21. The van der Waals surface area contributed by atoms with Gasteiger partial charge in [0.15, 0.2) is 6.10 Å². The molecule has 1 unspecified atom stereocenters. The van der Waals surface area contributed by atoms with E-state index in [1.165, 1.54) is 29.0 Å². The van der Waals surface area contributed by atoms with Gasteiger partial charge in [-0.3, -0.25) is 4.79 Å². The minimum atomic E-state index is -0.292. The van der Waals surface area contributed by atoms with Crippen molar-refractivity contribution >= 4 is 23.0 Å². The Hall–Kier alpha value is -2.99. The lowest BCUT2D eigenvalue weighted by atomic mass is 10.0. The van der Waals surface area contributed by atoms with E-state index >= 15 is 0 Å². The molecule has 4 rings (SSSR count). The highest BCUT2D eigenvalue weighted by molar-refractivity contribution is 7.12. The summed E-state index contributed by atoms with van der Waals surface area (Å²) < 4.78 is 13.2. The van der Waals surface area contributed by atoms with Crippen molar-refractivity contribution in [2.75, 3.05) is 6.54 Å². The Morgan fingerprint density at radius 3 is 2.62 bits per heavy atom. The number of carbonyl (C=O) groups is 1. The zero-order chi connectivity index (χ0) is 20.2. The normalized spacial score (nSPS) is 15.7. The van der Waals surface area contributed by atoms with Crippen LogP contribution in [0.5, 0.6) is 0 Å². The van der Waals surface area contributed by atoms with Crippen LogP contribution < -0.4 is 0 Å². The van der Waals surface area contributed by atoms with Crippen LogP contribution in [0.4, 0.5) is 4.39 Å². The zero-order valence-corrected chi connectivity index (χ0v) is 16.9. The summed E-state index contributed by atoms with van der Waals surface area (Å²) in [4.78, 5) is 21.1. The molecule has 0 fully saturated rings. The standard InChI is InChI=1S/C23H21FN2O2S/c1-16-4-8-18(9-5-16)21-13-20(28-25-21)15-26(23(27)22-3-2-12-29-22)14-17-6-10-19(24)11-7-17/h2-12,20H,13-15H2,1H3. The van der Waals surface area contributed by atoms with E-state index in [0.29, 0.717) is 24.4 Å². The first-order valence-corrected chi connectivity index (χ1v) is 10.3. The molecule has 2 aromatic carbocycles. The summed E-state index contributed by atoms with van der Waals surface area (Å²) in [6.07, 6.45) is 0.427. The second-order valence-electron chi connectivity index (χ2n) is 7.12. The lowest BCUT2D eigenvalue weighted by Gasteiger charge is -2.24. The van der Waals surface area contributed by atoms with Crippen LogP contribution in [0, 0.1) is 12.7 Å². The monoisotopic (exact) mass is 408 g/mol. The highest BCUT2D eigenvalue weighted by atomic mass is 32.1. The summed E-state index contributed by atoms with van der Waals surface area (Å²) >= 11 is 1.41. The number of thiophene rings is 1. The van der Waals surface area contributed by atoms with Crippen LogP contribution in [0.15, 0.2) is 71.2 Å². The quantitative estimate of drug-likeness (QED) is 0.574. The van der Waals surface area contributed by atoms with Crippen LogP contribution >= 0.6 is 11.3 Å². The van der Waals surface area contributed by atoms with Gasteiger partial charge in [0.05, 0.1) is 17.1 Å². The van der Waals surface area contributed by atoms with Crippen LogP contribution in [-0.4, -0.2) is 29.2 Å². The van der Waals surface area contributed by atoms with E-state index in [-0.39, 0.29) is 17.8 Å². The molecule has 3 aromatic rings. The topological polar surface area (TPSA) is 41.9 Å². The predicted molar refractivity (Wildman–Crippen MR) is 113 cm³/mol. The van der Waals surface area contributed by atoms with Crippen molar-refractivity contribution < 1.29 is 14.0 Å². The summed E-state index contributed by atoms with van der Waals surface area (Å²) in [7, 11) is 0. The smallest absolute Gasteiger partial charge is 0.264 e. The summed E-state index contributed by atoms with van der Waals surface area (Å²) in [5.74, 6) is -0.350. The molecule has 1 aromatic heterocycles. The van der Waals surface area contributed by atoms with E-state index in [9.17, 15) is 9.18 Å². The Morgan fingerprint density at radius 1 is 1.17 bits per heavy atom. The fourth-order valence-corrected chi connectivity index (χ4v) is 3.96. The first kappa shape index (κ1) is 19.3. The van der Waals surface area contributed by atoms with E-state index in [1.807, 2.05) is 48.7 Å². The van der Waals surface area contributed by atoms with Gasteiger partial charge in [-0.2, -0.15) is 0 Å². The third kappa shape index (κ3) is 4.71. The van der Waals surface area contributed by atoms with Gasteiger partial charge in [0.25, 0.3) is 5.91 Å². The Kier molecular flexibility index (Phi) is 5.71. The third-order valence-corrected chi connectivity index (χ3v) is 5.71. The predicted octanol–water partition coefficient (Wildman–Crippen LogP) is 5.03. The molecule has 4 nitrogen and oxygen atoms in total. The van der Waals surface area contributed by atoms with Crippen molar-refractivity contribution in [3.63, 3.8) is 0 Å². The summed E-state index contributed by atoms with van der Waals surface area (Å²) in [5, 5.41) is 6.13. The summed E-state index contributed by atoms with van der Waals surface area (Å²) in [6.45, 7) is 2.84. The van der Waals surface area contributed by atoms with Crippen molar-refractivity contribution in [2.45, 2.75) is 26.0 Å². The van der Waals surface area contributed by atoms with Crippen molar-refractivity contribution in [1.29, 1.82) is 0 Å². The number of aryl methyl sites for hydroxylation is 1. The minimum Gasteiger partial charge on any atom is -0.390 e. The molecule has 0 bridgehead atoms. The SMILES string of the molecule is Cc1ccc(C2=NOC(CN(Cc3ccc(F)cc3)C(=O)c3cccs3)C2)cc1. The molecular weight excluding hydrogens is 387 g/mol. The van der Waals surface area contributed by atoms with Crippen LogP contribution in [0.1, 0.15) is 32.8 Å². The number of hydrogen-bond donors (Lipinski definition) is 0. The Balaban J connectivity index is 1.47. The van der Waals surface area contributed by atoms with Gasteiger partial charge in [-0.25, -0.2) is 4.39 Å². The molecule has 2 heterocycles. The lowest BCUT2D eigenvalue weighted by molar-refractivity contribution is 0.0408. The van der Waals surface area contributed by atoms with Gasteiger partial charge >= 0.3 is 0 Å². The first-order chi connectivity index (χ1) is 14.1. The third-order valence-electron chi connectivity index (χ3n) is 4.85. The number of rotatable bonds is 6.